The zero-order chi connectivity index (χ0) is 17.5. The van der Waals surface area contributed by atoms with Crippen LogP contribution in [0.3, 0.4) is 0 Å². The van der Waals surface area contributed by atoms with Gasteiger partial charge in [0.1, 0.15) is 0 Å². The number of hydrogen-bond acceptors (Lipinski definition) is 4. The van der Waals surface area contributed by atoms with Crippen molar-refractivity contribution in [1.82, 2.24) is 24.9 Å². The van der Waals surface area contributed by atoms with E-state index in [1.165, 1.54) is 19.4 Å². The smallest absolute Gasteiger partial charge is 0.193 e. The van der Waals surface area contributed by atoms with Crippen molar-refractivity contribution in [3.05, 3.63) is 0 Å². The third-order valence-electron chi connectivity index (χ3n) is 5.52. The lowest BCUT2D eigenvalue weighted by Crippen LogP contribution is -2.52. The van der Waals surface area contributed by atoms with Gasteiger partial charge in [0.2, 0.25) is 0 Å². The second-order valence-corrected chi connectivity index (χ2v) is 7.40. The van der Waals surface area contributed by atoms with Gasteiger partial charge in [-0.2, -0.15) is 0 Å². The van der Waals surface area contributed by atoms with E-state index in [4.69, 9.17) is 4.99 Å². The predicted octanol–water partition coefficient (Wildman–Crippen LogP) is 1.23. The molecule has 2 fully saturated rings. The molecular weight excluding hydrogens is 427 g/mol. The van der Waals surface area contributed by atoms with Crippen LogP contribution in [-0.4, -0.2) is 111 Å². The summed E-state index contributed by atoms with van der Waals surface area (Å²) in [6.07, 6.45) is 2.65. The Kier molecular flexibility index (Phi) is 10.6. The lowest BCUT2D eigenvalue weighted by atomic mass is 10.2. The van der Waals surface area contributed by atoms with Crippen molar-refractivity contribution in [2.75, 3.05) is 73.5 Å². The molecule has 0 aromatic rings. The minimum Gasteiger partial charge on any atom is -0.357 e. The number of rotatable bonds is 6. The van der Waals surface area contributed by atoms with Crippen molar-refractivity contribution in [2.24, 2.45) is 4.99 Å². The third-order valence-corrected chi connectivity index (χ3v) is 5.52. The van der Waals surface area contributed by atoms with Crippen molar-refractivity contribution < 1.29 is 0 Å². The first-order valence-corrected chi connectivity index (χ1v) is 9.67. The van der Waals surface area contributed by atoms with E-state index >= 15 is 0 Å². The molecule has 2 heterocycles. The molecule has 0 aliphatic carbocycles. The molecule has 0 spiro atoms. The molecule has 0 radical (unpaired) electrons. The molecule has 7 heteroatoms. The highest BCUT2D eigenvalue weighted by Crippen LogP contribution is 2.17. The summed E-state index contributed by atoms with van der Waals surface area (Å²) in [5.74, 6) is 1.06. The summed E-state index contributed by atoms with van der Waals surface area (Å²) in [5.41, 5.74) is 0. The van der Waals surface area contributed by atoms with E-state index in [-0.39, 0.29) is 24.0 Å². The molecule has 25 heavy (non-hydrogen) atoms. The van der Waals surface area contributed by atoms with Gasteiger partial charge in [-0.05, 0) is 47.0 Å². The lowest BCUT2D eigenvalue weighted by Gasteiger charge is -2.37. The van der Waals surface area contributed by atoms with Crippen LogP contribution >= 0.6 is 24.0 Å². The molecule has 148 valence electrons. The number of nitrogens with one attached hydrogen (secondary N) is 1. The van der Waals surface area contributed by atoms with Crippen LogP contribution in [0.25, 0.3) is 0 Å². The molecule has 0 bridgehead atoms. The predicted molar refractivity (Wildman–Crippen MR) is 118 cm³/mol. The summed E-state index contributed by atoms with van der Waals surface area (Å²) >= 11 is 0. The summed E-state index contributed by atoms with van der Waals surface area (Å²) in [6.45, 7) is 13.1. The first-order valence-electron chi connectivity index (χ1n) is 9.67. The molecule has 2 unspecified atom stereocenters. The topological polar surface area (TPSA) is 37.4 Å². The highest BCUT2D eigenvalue weighted by molar-refractivity contribution is 14.0. The van der Waals surface area contributed by atoms with Crippen LogP contribution in [0.4, 0.5) is 0 Å². The fourth-order valence-electron chi connectivity index (χ4n) is 3.88. The van der Waals surface area contributed by atoms with Crippen LogP contribution in [-0.2, 0) is 0 Å². The van der Waals surface area contributed by atoms with E-state index in [2.05, 4.69) is 59.9 Å². The van der Waals surface area contributed by atoms with Gasteiger partial charge in [-0.1, -0.05) is 6.92 Å². The van der Waals surface area contributed by atoms with E-state index in [1.807, 2.05) is 0 Å². The van der Waals surface area contributed by atoms with Gasteiger partial charge < -0.3 is 15.1 Å². The Balaban J connectivity index is 0.00000312. The van der Waals surface area contributed by atoms with Crippen LogP contribution in [0.15, 0.2) is 4.99 Å². The van der Waals surface area contributed by atoms with Crippen molar-refractivity contribution in [3.8, 4) is 0 Å². The maximum atomic E-state index is 4.96. The van der Waals surface area contributed by atoms with Crippen LogP contribution in [0, 0.1) is 0 Å². The zero-order valence-corrected chi connectivity index (χ0v) is 19.2. The molecule has 2 rings (SSSR count). The molecular formula is C18H39IN6. The Bertz CT molecular complexity index is 405. The quantitative estimate of drug-likeness (QED) is 0.362. The van der Waals surface area contributed by atoms with Gasteiger partial charge in [-0.3, -0.25) is 14.8 Å². The standard InChI is InChI=1S/C18H38N6.HI/c1-6-19-18(20-13-17-14-21(3)11-12-22(17)4)23(5)15-16-9-8-10-24(16)7-2;/h16-17H,6-15H2,1-5H3,(H,19,20);1H. The Morgan fingerprint density at radius 1 is 1.16 bits per heavy atom. The van der Waals surface area contributed by atoms with Crippen LogP contribution < -0.4 is 5.32 Å². The van der Waals surface area contributed by atoms with Gasteiger partial charge in [0.05, 0.1) is 6.54 Å². The van der Waals surface area contributed by atoms with Gasteiger partial charge in [0, 0.05) is 51.9 Å². The molecule has 0 aromatic carbocycles. The Morgan fingerprint density at radius 2 is 1.92 bits per heavy atom. The third kappa shape index (κ3) is 6.84. The van der Waals surface area contributed by atoms with E-state index < -0.39 is 0 Å². The maximum absolute atomic E-state index is 4.96. The van der Waals surface area contributed by atoms with Crippen molar-refractivity contribution in [3.63, 3.8) is 0 Å². The fraction of sp³-hybridized carbons (Fsp3) is 0.944. The van der Waals surface area contributed by atoms with E-state index in [1.54, 1.807) is 0 Å². The summed E-state index contributed by atoms with van der Waals surface area (Å²) in [6, 6.07) is 1.19. The van der Waals surface area contributed by atoms with Crippen LogP contribution in [0.2, 0.25) is 0 Å². The second kappa shape index (κ2) is 11.6. The van der Waals surface area contributed by atoms with E-state index in [0.29, 0.717) is 12.1 Å². The van der Waals surface area contributed by atoms with Crippen LogP contribution in [0.5, 0.6) is 0 Å². The van der Waals surface area contributed by atoms with Crippen molar-refractivity contribution in [2.45, 2.75) is 38.8 Å². The summed E-state index contributed by atoms with van der Waals surface area (Å²) in [4.78, 5) is 14.7. The molecule has 6 nitrogen and oxygen atoms in total. The molecule has 2 aliphatic heterocycles. The maximum Gasteiger partial charge on any atom is 0.193 e. The Morgan fingerprint density at radius 3 is 2.60 bits per heavy atom. The number of aliphatic imine (C=N–C) groups is 1. The molecule has 2 atom stereocenters. The summed E-state index contributed by atoms with van der Waals surface area (Å²) in [7, 11) is 6.62. The molecule has 2 aliphatic rings. The van der Waals surface area contributed by atoms with Crippen molar-refractivity contribution in [1.29, 1.82) is 0 Å². The number of piperazine rings is 1. The monoisotopic (exact) mass is 466 g/mol. The fourth-order valence-corrected chi connectivity index (χ4v) is 3.88. The zero-order valence-electron chi connectivity index (χ0n) is 16.9. The van der Waals surface area contributed by atoms with E-state index in [0.717, 1.165) is 51.8 Å². The van der Waals surface area contributed by atoms with Gasteiger partial charge in [0.15, 0.2) is 5.96 Å². The number of likely N-dealkylation sites (tertiary alicyclic amines) is 1. The summed E-state index contributed by atoms with van der Waals surface area (Å²) in [5, 5.41) is 3.48. The second-order valence-electron chi connectivity index (χ2n) is 7.40. The summed E-state index contributed by atoms with van der Waals surface area (Å²) < 4.78 is 0. The van der Waals surface area contributed by atoms with E-state index in [9.17, 15) is 0 Å². The number of halogens is 1. The number of guanidine groups is 1. The normalized spacial score (nSPS) is 26.5. The highest BCUT2D eigenvalue weighted by atomic mass is 127. The Hall–Kier alpha value is -0.120. The highest BCUT2D eigenvalue weighted by Gasteiger charge is 2.26. The van der Waals surface area contributed by atoms with Gasteiger partial charge in [0.25, 0.3) is 0 Å². The molecule has 0 saturated carbocycles. The van der Waals surface area contributed by atoms with Gasteiger partial charge in [-0.25, -0.2) is 0 Å². The molecule has 0 aromatic heterocycles. The van der Waals surface area contributed by atoms with Crippen LogP contribution in [0.1, 0.15) is 26.7 Å². The molecule has 0 amide bonds. The average Bonchev–Trinajstić information content (AvgIpc) is 3.01. The van der Waals surface area contributed by atoms with Gasteiger partial charge >= 0.3 is 0 Å². The number of nitrogens with zero attached hydrogens (tertiary/aromatic N) is 5. The lowest BCUT2D eigenvalue weighted by molar-refractivity contribution is 0.119. The average molecular weight is 466 g/mol. The number of hydrogen-bond donors (Lipinski definition) is 1. The van der Waals surface area contributed by atoms with Crippen molar-refractivity contribution >= 4 is 29.9 Å². The largest absolute Gasteiger partial charge is 0.357 e. The first-order chi connectivity index (χ1) is 11.5. The molecule has 2 saturated heterocycles. The Labute approximate surface area is 172 Å². The van der Waals surface area contributed by atoms with Gasteiger partial charge in [-0.15, -0.1) is 24.0 Å². The minimum atomic E-state index is 0. The molecule has 1 N–H and O–H groups in total. The minimum absolute atomic E-state index is 0. The SMILES string of the molecule is CCNC(=NCC1CN(C)CCN1C)N(C)CC1CCCN1CC.I. The number of likely N-dealkylation sites (N-methyl/N-ethyl adjacent to an activating group) is 4. The first kappa shape index (κ1) is 22.9.